The summed E-state index contributed by atoms with van der Waals surface area (Å²) >= 11 is 5.81. The minimum atomic E-state index is -4.80. The summed E-state index contributed by atoms with van der Waals surface area (Å²) in [6.45, 7) is 5.99. The van der Waals surface area contributed by atoms with Gasteiger partial charge in [0.05, 0.1) is 35.2 Å². The minimum Gasteiger partial charge on any atom is -0.493 e. The number of anilines is 2. The molecular weight excluding hydrogens is 607 g/mol. The number of fused-ring (bicyclic) bond motifs is 1. The molecular formula is C31H30F3N7O3S. The molecule has 3 heterocycles. The van der Waals surface area contributed by atoms with Crippen molar-refractivity contribution in [1.82, 2.24) is 15.0 Å². The van der Waals surface area contributed by atoms with Gasteiger partial charge in [-0.3, -0.25) is 19.9 Å². The third-order valence-corrected chi connectivity index (χ3v) is 8.85. The van der Waals surface area contributed by atoms with E-state index < -0.39 is 34.9 Å². The van der Waals surface area contributed by atoms with Gasteiger partial charge in [0.15, 0.2) is 10.8 Å². The van der Waals surface area contributed by atoms with Crippen LogP contribution >= 0.6 is 12.2 Å². The molecule has 1 spiro atoms. The van der Waals surface area contributed by atoms with Crippen molar-refractivity contribution in [1.29, 1.82) is 5.26 Å². The molecule has 14 heteroatoms. The Balaban J connectivity index is 1.42. The standard InChI is InChI=1S/C31H30F3N7O3S/c1-4-7-24-36-17(3)25-27(42)37-26(38-41(24)25)21-14-20(10-11-23(21)44-5-2)40-29(45)39(28(43)30(40)12-6-13-30)19-9-8-18(16-35)22(15-19)31(32,33)34/h8-11,14-15,26,38H,4-7,12-13H2,1-3H3,(H,37,42). The molecule has 0 bridgehead atoms. The lowest BCUT2D eigenvalue weighted by molar-refractivity contribution is -0.137. The number of nitrogens with one attached hydrogen (secondary N) is 2. The number of carbonyl (C=O) groups excluding carboxylic acids is 2. The van der Waals surface area contributed by atoms with Crippen molar-refractivity contribution in [3.8, 4) is 11.8 Å². The van der Waals surface area contributed by atoms with Gasteiger partial charge in [0.2, 0.25) is 0 Å². The van der Waals surface area contributed by atoms with Crippen LogP contribution in [-0.4, -0.2) is 38.7 Å². The van der Waals surface area contributed by atoms with Crippen LogP contribution in [0, 0.1) is 18.3 Å². The Morgan fingerprint density at radius 3 is 2.51 bits per heavy atom. The number of alkyl halides is 3. The summed E-state index contributed by atoms with van der Waals surface area (Å²) in [5, 5.41) is 12.3. The Labute approximate surface area is 262 Å². The Bertz CT molecular complexity index is 1780. The van der Waals surface area contributed by atoms with Crippen LogP contribution in [0.5, 0.6) is 5.75 Å². The lowest BCUT2D eigenvalue weighted by Crippen LogP contribution is -2.55. The molecule has 1 unspecified atom stereocenters. The number of rotatable bonds is 7. The molecule has 45 heavy (non-hydrogen) atoms. The van der Waals surface area contributed by atoms with E-state index in [1.54, 1.807) is 40.8 Å². The first kappa shape index (κ1) is 30.4. The van der Waals surface area contributed by atoms with Crippen LogP contribution in [-0.2, 0) is 17.4 Å². The van der Waals surface area contributed by atoms with E-state index in [9.17, 15) is 28.0 Å². The van der Waals surface area contributed by atoms with Crippen molar-refractivity contribution in [2.45, 2.75) is 70.8 Å². The normalized spacial score (nSPS) is 18.8. The van der Waals surface area contributed by atoms with Crippen molar-refractivity contribution >= 4 is 40.5 Å². The lowest BCUT2D eigenvalue weighted by Gasteiger charge is -2.43. The molecule has 2 aromatic carbocycles. The van der Waals surface area contributed by atoms with Crippen LogP contribution in [0.15, 0.2) is 36.4 Å². The molecule has 3 aliphatic rings. The zero-order valence-electron chi connectivity index (χ0n) is 24.8. The number of amides is 2. The van der Waals surface area contributed by atoms with Gasteiger partial charge in [0, 0.05) is 17.7 Å². The number of aromatic nitrogens is 2. The molecule has 3 aromatic rings. The molecule has 1 aliphatic carbocycles. The van der Waals surface area contributed by atoms with Crippen molar-refractivity contribution in [3.63, 3.8) is 0 Å². The fraction of sp³-hybridized carbons (Fsp3) is 0.387. The number of thiocarbonyl (C=S) groups is 1. The smallest absolute Gasteiger partial charge is 0.417 e. The highest BCUT2D eigenvalue weighted by atomic mass is 32.1. The molecule has 0 radical (unpaired) electrons. The molecule has 1 saturated carbocycles. The van der Waals surface area contributed by atoms with Crippen molar-refractivity contribution < 1.29 is 27.5 Å². The van der Waals surface area contributed by atoms with Gasteiger partial charge in [-0.25, -0.2) is 9.66 Å². The van der Waals surface area contributed by atoms with E-state index in [1.165, 1.54) is 6.07 Å². The van der Waals surface area contributed by atoms with E-state index in [2.05, 4.69) is 15.7 Å². The van der Waals surface area contributed by atoms with Gasteiger partial charge in [-0.05, 0) is 88.1 Å². The van der Waals surface area contributed by atoms with Crippen LogP contribution in [0.3, 0.4) is 0 Å². The molecule has 2 N–H and O–H groups in total. The maximum absolute atomic E-state index is 14.0. The second kappa shape index (κ2) is 11.1. The number of hydrogen-bond donors (Lipinski definition) is 2. The van der Waals surface area contributed by atoms with Gasteiger partial charge < -0.3 is 15.0 Å². The predicted molar refractivity (Wildman–Crippen MR) is 163 cm³/mol. The average Bonchev–Trinajstić information content (AvgIpc) is 3.42. The number of aryl methyl sites for hydroxylation is 2. The average molecular weight is 638 g/mol. The lowest BCUT2D eigenvalue weighted by atomic mass is 9.75. The summed E-state index contributed by atoms with van der Waals surface area (Å²) < 4.78 is 49.1. The van der Waals surface area contributed by atoms with Crippen molar-refractivity contribution in [3.05, 3.63) is 70.3 Å². The molecule has 2 fully saturated rings. The number of hydrogen-bond acceptors (Lipinski definition) is 7. The summed E-state index contributed by atoms with van der Waals surface area (Å²) in [5.74, 6) is 0.469. The Morgan fingerprint density at radius 2 is 1.89 bits per heavy atom. The number of imidazole rings is 1. The first-order chi connectivity index (χ1) is 21.4. The van der Waals surface area contributed by atoms with Crippen molar-refractivity contribution in [2.24, 2.45) is 0 Å². The summed E-state index contributed by atoms with van der Waals surface area (Å²) in [4.78, 5) is 34.7. The molecule has 2 amide bonds. The third kappa shape index (κ3) is 4.77. The fourth-order valence-electron chi connectivity index (χ4n) is 6.29. The number of nitrogens with zero attached hydrogens (tertiary/aromatic N) is 5. The minimum absolute atomic E-state index is 0.0195. The quantitative estimate of drug-likeness (QED) is 0.328. The number of halogens is 3. The molecule has 234 valence electrons. The number of ether oxygens (including phenoxy) is 1. The summed E-state index contributed by atoms with van der Waals surface area (Å²) in [6, 6.07) is 9.97. The number of benzene rings is 2. The Hall–Kier alpha value is -4.64. The third-order valence-electron chi connectivity index (χ3n) is 8.49. The Morgan fingerprint density at radius 1 is 1.16 bits per heavy atom. The first-order valence-electron chi connectivity index (χ1n) is 14.7. The van der Waals surface area contributed by atoms with Gasteiger partial charge in [0.25, 0.3) is 11.8 Å². The number of nitriles is 1. The van der Waals surface area contributed by atoms with E-state index in [4.69, 9.17) is 17.0 Å². The van der Waals surface area contributed by atoms with Crippen LogP contribution < -0.4 is 25.3 Å². The van der Waals surface area contributed by atoms with Gasteiger partial charge >= 0.3 is 6.18 Å². The second-order valence-electron chi connectivity index (χ2n) is 11.2. The number of carbonyl (C=O) groups is 2. The Kier molecular flexibility index (Phi) is 7.47. The second-order valence-corrected chi connectivity index (χ2v) is 11.6. The molecule has 1 atom stereocenters. The van der Waals surface area contributed by atoms with Gasteiger partial charge in [-0.15, -0.1) is 0 Å². The molecule has 10 nitrogen and oxygen atoms in total. The SMILES string of the molecule is CCCc1nc(C)c2n1NC(c1cc(N3C(=S)N(c4ccc(C#N)c(C(F)(F)F)c4)C(=O)C34CCC4)ccc1OCC)NC2=O. The monoisotopic (exact) mass is 637 g/mol. The molecule has 1 saturated heterocycles. The highest BCUT2D eigenvalue weighted by Gasteiger charge is 2.60. The van der Waals surface area contributed by atoms with Crippen LogP contribution in [0.25, 0.3) is 0 Å². The maximum atomic E-state index is 14.0. The van der Waals surface area contributed by atoms with Crippen molar-refractivity contribution in [2.75, 3.05) is 21.8 Å². The predicted octanol–water partition coefficient (Wildman–Crippen LogP) is 5.48. The van der Waals surface area contributed by atoms with E-state index in [0.717, 1.165) is 35.7 Å². The van der Waals surface area contributed by atoms with Gasteiger partial charge in [-0.1, -0.05) is 6.92 Å². The van der Waals surface area contributed by atoms with E-state index in [0.29, 0.717) is 54.3 Å². The van der Waals surface area contributed by atoms with Gasteiger partial charge in [0.1, 0.15) is 23.3 Å². The highest BCUT2D eigenvalue weighted by Crippen LogP contribution is 2.49. The topological polar surface area (TPSA) is 116 Å². The van der Waals surface area contributed by atoms with Crippen LogP contribution in [0.1, 0.15) is 84.4 Å². The van der Waals surface area contributed by atoms with Gasteiger partial charge in [-0.2, -0.15) is 18.4 Å². The zero-order chi connectivity index (χ0) is 32.3. The molecule has 1 aromatic heterocycles. The summed E-state index contributed by atoms with van der Waals surface area (Å²) in [6.07, 6.45) is -2.43. The van der Waals surface area contributed by atoms with E-state index in [-0.39, 0.29) is 16.7 Å². The van der Waals surface area contributed by atoms with Crippen LogP contribution in [0.2, 0.25) is 0 Å². The first-order valence-corrected chi connectivity index (χ1v) is 15.1. The molecule has 6 rings (SSSR count). The summed E-state index contributed by atoms with van der Waals surface area (Å²) in [5.41, 5.74) is 2.63. The highest BCUT2D eigenvalue weighted by molar-refractivity contribution is 7.81. The van der Waals surface area contributed by atoms with Crippen LogP contribution in [0.4, 0.5) is 24.5 Å². The summed E-state index contributed by atoms with van der Waals surface area (Å²) in [7, 11) is 0. The molecule has 2 aliphatic heterocycles. The zero-order valence-corrected chi connectivity index (χ0v) is 25.6. The van der Waals surface area contributed by atoms with E-state index in [1.807, 2.05) is 13.8 Å². The largest absolute Gasteiger partial charge is 0.493 e. The fourth-order valence-corrected chi connectivity index (χ4v) is 6.76. The van der Waals surface area contributed by atoms with E-state index >= 15 is 0 Å². The maximum Gasteiger partial charge on any atom is 0.417 e.